The molecule has 0 amide bonds. The van der Waals surface area contributed by atoms with Crippen LogP contribution >= 0.6 is 0 Å². The zero-order valence-electron chi connectivity index (χ0n) is 13.1. The summed E-state index contributed by atoms with van der Waals surface area (Å²) in [5.74, 6) is 6.94. The van der Waals surface area contributed by atoms with E-state index in [-0.39, 0.29) is 5.56 Å². The fraction of sp³-hybridized carbons (Fsp3) is 0.450. The standard InChI is InChI=1S/C20H22FN/c1-2-5-16-8-10-17(11-9-16)6-3-4-7-18-12-13-19(15-22)20(21)14-18/h3,6,12-14,16-17H,2,5,8-11H2,1H3/b6-3+. The van der Waals surface area contributed by atoms with Crippen LogP contribution in [0.25, 0.3) is 0 Å². The molecule has 22 heavy (non-hydrogen) atoms. The van der Waals surface area contributed by atoms with Gasteiger partial charge in [0.15, 0.2) is 0 Å². The molecule has 0 aromatic heterocycles. The predicted octanol–water partition coefficient (Wildman–Crippen LogP) is 5.21. The molecule has 1 aliphatic rings. The number of hydrogen-bond donors (Lipinski definition) is 0. The number of hydrogen-bond acceptors (Lipinski definition) is 1. The fourth-order valence-electron chi connectivity index (χ4n) is 3.07. The smallest absolute Gasteiger partial charge is 0.142 e. The molecule has 0 N–H and O–H groups in total. The molecule has 0 aliphatic heterocycles. The van der Waals surface area contributed by atoms with Crippen LogP contribution in [0.4, 0.5) is 4.39 Å². The van der Waals surface area contributed by atoms with Crippen molar-refractivity contribution in [2.45, 2.75) is 45.4 Å². The van der Waals surface area contributed by atoms with Gasteiger partial charge in [0.1, 0.15) is 11.9 Å². The molecule has 0 spiro atoms. The summed E-state index contributed by atoms with van der Waals surface area (Å²) in [6.45, 7) is 2.26. The van der Waals surface area contributed by atoms with Crippen LogP contribution in [0.3, 0.4) is 0 Å². The Labute approximate surface area is 132 Å². The molecular formula is C20H22FN. The molecule has 1 fully saturated rings. The molecule has 1 aromatic rings. The summed E-state index contributed by atoms with van der Waals surface area (Å²) >= 11 is 0. The van der Waals surface area contributed by atoms with Gasteiger partial charge in [0, 0.05) is 5.56 Å². The lowest BCUT2D eigenvalue weighted by molar-refractivity contribution is 0.294. The lowest BCUT2D eigenvalue weighted by Crippen LogP contribution is -2.12. The Kier molecular flexibility index (Phi) is 6.23. The normalized spacial score (nSPS) is 21.1. The summed E-state index contributed by atoms with van der Waals surface area (Å²) in [4.78, 5) is 0. The van der Waals surface area contributed by atoms with E-state index in [4.69, 9.17) is 5.26 Å². The van der Waals surface area contributed by atoms with Crippen LogP contribution in [0, 0.1) is 40.8 Å². The third kappa shape index (κ3) is 4.74. The third-order valence-electron chi connectivity index (χ3n) is 4.35. The average molecular weight is 295 g/mol. The van der Waals surface area contributed by atoms with E-state index in [1.165, 1.54) is 50.7 Å². The van der Waals surface area contributed by atoms with Crippen molar-refractivity contribution in [1.29, 1.82) is 5.26 Å². The van der Waals surface area contributed by atoms with Crippen molar-refractivity contribution in [2.75, 3.05) is 0 Å². The number of halogens is 1. The molecule has 0 radical (unpaired) electrons. The highest BCUT2D eigenvalue weighted by molar-refractivity contribution is 5.42. The zero-order valence-corrected chi connectivity index (χ0v) is 13.1. The molecule has 0 atom stereocenters. The first-order valence-corrected chi connectivity index (χ1v) is 8.10. The molecule has 0 unspecified atom stereocenters. The van der Waals surface area contributed by atoms with Crippen LogP contribution in [0.15, 0.2) is 30.4 Å². The second kappa shape index (κ2) is 8.40. The van der Waals surface area contributed by atoms with Gasteiger partial charge in [-0.3, -0.25) is 0 Å². The number of benzene rings is 1. The van der Waals surface area contributed by atoms with E-state index >= 15 is 0 Å². The summed E-state index contributed by atoms with van der Waals surface area (Å²) < 4.78 is 13.4. The monoisotopic (exact) mass is 295 g/mol. The first-order valence-electron chi connectivity index (χ1n) is 8.10. The molecule has 2 rings (SSSR count). The van der Waals surface area contributed by atoms with E-state index < -0.39 is 5.82 Å². The van der Waals surface area contributed by atoms with Gasteiger partial charge in [-0.1, -0.05) is 37.7 Å². The molecule has 114 valence electrons. The van der Waals surface area contributed by atoms with Crippen molar-refractivity contribution >= 4 is 0 Å². The largest absolute Gasteiger partial charge is 0.206 e. The Bertz CT molecular complexity index is 619. The molecule has 0 saturated heterocycles. The van der Waals surface area contributed by atoms with Gasteiger partial charge in [0.25, 0.3) is 0 Å². The summed E-state index contributed by atoms with van der Waals surface area (Å²) in [7, 11) is 0. The Morgan fingerprint density at radius 3 is 2.68 bits per heavy atom. The molecule has 1 saturated carbocycles. The van der Waals surface area contributed by atoms with Gasteiger partial charge in [-0.2, -0.15) is 5.26 Å². The van der Waals surface area contributed by atoms with E-state index in [1.54, 1.807) is 6.07 Å². The van der Waals surface area contributed by atoms with Crippen LogP contribution in [0.5, 0.6) is 0 Å². The molecule has 2 heteroatoms. The topological polar surface area (TPSA) is 23.8 Å². The Balaban J connectivity index is 1.86. The number of nitrogens with zero attached hydrogens (tertiary/aromatic N) is 1. The van der Waals surface area contributed by atoms with Gasteiger partial charge in [-0.25, -0.2) is 4.39 Å². The van der Waals surface area contributed by atoms with E-state index in [0.29, 0.717) is 11.5 Å². The van der Waals surface area contributed by atoms with Crippen molar-refractivity contribution in [1.82, 2.24) is 0 Å². The van der Waals surface area contributed by atoms with E-state index in [0.717, 1.165) is 5.92 Å². The SMILES string of the molecule is CCCC1CCC(/C=C/C#Cc2ccc(C#N)c(F)c2)CC1. The highest BCUT2D eigenvalue weighted by Crippen LogP contribution is 2.31. The van der Waals surface area contributed by atoms with Crippen molar-refractivity contribution in [3.63, 3.8) is 0 Å². The number of rotatable bonds is 3. The summed E-state index contributed by atoms with van der Waals surface area (Å²) in [6, 6.07) is 6.27. The summed E-state index contributed by atoms with van der Waals surface area (Å²) in [5.41, 5.74) is 0.665. The molecule has 1 aliphatic carbocycles. The van der Waals surface area contributed by atoms with Crippen molar-refractivity contribution in [2.24, 2.45) is 11.8 Å². The Hall–Kier alpha value is -2.06. The summed E-state index contributed by atoms with van der Waals surface area (Å²) in [6.07, 6.45) is 11.9. The lowest BCUT2D eigenvalue weighted by atomic mass is 9.80. The van der Waals surface area contributed by atoms with Crippen LogP contribution in [0.2, 0.25) is 0 Å². The second-order valence-corrected chi connectivity index (χ2v) is 6.00. The minimum Gasteiger partial charge on any atom is -0.206 e. The van der Waals surface area contributed by atoms with Crippen LogP contribution in [-0.4, -0.2) is 0 Å². The van der Waals surface area contributed by atoms with Crippen LogP contribution in [-0.2, 0) is 0 Å². The molecule has 0 heterocycles. The van der Waals surface area contributed by atoms with E-state index in [1.807, 2.05) is 12.1 Å². The zero-order chi connectivity index (χ0) is 15.8. The lowest BCUT2D eigenvalue weighted by Gasteiger charge is -2.26. The van der Waals surface area contributed by atoms with Crippen LogP contribution < -0.4 is 0 Å². The highest BCUT2D eigenvalue weighted by atomic mass is 19.1. The Morgan fingerprint density at radius 2 is 2.05 bits per heavy atom. The predicted molar refractivity (Wildman–Crippen MR) is 87.5 cm³/mol. The molecule has 1 nitrogen and oxygen atoms in total. The molecular weight excluding hydrogens is 273 g/mol. The fourth-order valence-corrected chi connectivity index (χ4v) is 3.07. The second-order valence-electron chi connectivity index (χ2n) is 6.00. The first kappa shape index (κ1) is 16.3. The number of nitriles is 1. The molecule has 1 aromatic carbocycles. The summed E-state index contributed by atoms with van der Waals surface area (Å²) in [5, 5.41) is 8.68. The van der Waals surface area contributed by atoms with Crippen molar-refractivity contribution in [3.8, 4) is 17.9 Å². The van der Waals surface area contributed by atoms with Gasteiger partial charge < -0.3 is 0 Å². The van der Waals surface area contributed by atoms with Crippen molar-refractivity contribution < 1.29 is 4.39 Å². The minimum atomic E-state index is -0.507. The van der Waals surface area contributed by atoms with Gasteiger partial charge in [0.2, 0.25) is 0 Å². The average Bonchev–Trinajstić information content (AvgIpc) is 2.53. The maximum atomic E-state index is 13.4. The maximum Gasteiger partial charge on any atom is 0.142 e. The third-order valence-corrected chi connectivity index (χ3v) is 4.35. The highest BCUT2D eigenvalue weighted by Gasteiger charge is 2.18. The van der Waals surface area contributed by atoms with Gasteiger partial charge in [-0.15, -0.1) is 0 Å². The minimum absolute atomic E-state index is 0.0601. The Morgan fingerprint density at radius 1 is 1.27 bits per heavy atom. The van der Waals surface area contributed by atoms with E-state index in [9.17, 15) is 4.39 Å². The molecule has 0 bridgehead atoms. The quantitative estimate of drug-likeness (QED) is 0.702. The van der Waals surface area contributed by atoms with Crippen molar-refractivity contribution in [3.05, 3.63) is 47.3 Å². The maximum absolute atomic E-state index is 13.4. The first-order chi connectivity index (χ1) is 10.7. The van der Waals surface area contributed by atoms with Crippen LogP contribution in [0.1, 0.15) is 56.6 Å². The van der Waals surface area contributed by atoms with Gasteiger partial charge >= 0.3 is 0 Å². The van der Waals surface area contributed by atoms with Gasteiger partial charge in [-0.05, 0) is 61.8 Å². The van der Waals surface area contributed by atoms with E-state index in [2.05, 4.69) is 24.8 Å². The van der Waals surface area contributed by atoms with Gasteiger partial charge in [0.05, 0.1) is 5.56 Å². The number of allylic oxidation sites excluding steroid dienone is 2.